The van der Waals surface area contributed by atoms with Crippen molar-refractivity contribution in [1.29, 1.82) is 0 Å². The molecule has 0 bridgehead atoms. The number of H-pyrrole nitrogens is 1. The van der Waals surface area contributed by atoms with Crippen molar-refractivity contribution in [3.05, 3.63) is 29.1 Å². The molecule has 6 heteroatoms. The summed E-state index contributed by atoms with van der Waals surface area (Å²) in [4.78, 5) is 15.8. The van der Waals surface area contributed by atoms with Gasteiger partial charge in [-0.05, 0) is 12.8 Å². The molecule has 6 nitrogen and oxygen atoms in total. The zero-order valence-electron chi connectivity index (χ0n) is 8.80. The fraction of sp³-hybridized carbons (Fsp3) is 0.500. The van der Waals surface area contributed by atoms with Crippen molar-refractivity contribution in [2.24, 2.45) is 0 Å². The van der Waals surface area contributed by atoms with Crippen molar-refractivity contribution in [2.75, 3.05) is 6.61 Å². The van der Waals surface area contributed by atoms with Crippen molar-refractivity contribution in [2.45, 2.75) is 25.5 Å². The fourth-order valence-corrected chi connectivity index (χ4v) is 2.04. The van der Waals surface area contributed by atoms with Gasteiger partial charge in [0.25, 0.3) is 0 Å². The predicted molar refractivity (Wildman–Crippen MR) is 55.0 cm³/mol. The van der Waals surface area contributed by atoms with Gasteiger partial charge in [-0.2, -0.15) is 14.5 Å². The molecule has 0 amide bonds. The van der Waals surface area contributed by atoms with Gasteiger partial charge in [0.05, 0.1) is 12.3 Å². The second-order valence-corrected chi connectivity index (χ2v) is 3.98. The Morgan fingerprint density at radius 1 is 1.69 bits per heavy atom. The molecule has 3 heterocycles. The van der Waals surface area contributed by atoms with Crippen LogP contribution in [0, 0.1) is 0 Å². The summed E-state index contributed by atoms with van der Waals surface area (Å²) in [5.41, 5.74) is 0.650. The number of hydrogen-bond acceptors (Lipinski definition) is 3. The number of aromatic nitrogens is 4. The van der Waals surface area contributed by atoms with Crippen LogP contribution in [-0.4, -0.2) is 27.5 Å². The summed E-state index contributed by atoms with van der Waals surface area (Å²) in [5.74, 6) is 0. The highest BCUT2D eigenvalue weighted by Gasteiger charge is 2.21. The SMILES string of the molecule is O=c1n(C[C@H]2CCCO2)[nH]c2ccnc[n+]12. The first kappa shape index (κ1) is 9.53. The lowest BCUT2D eigenvalue weighted by atomic mass is 10.2. The predicted octanol–water partition coefficient (Wildman–Crippen LogP) is -0.511. The number of ether oxygens (including phenoxy) is 1. The van der Waals surface area contributed by atoms with Gasteiger partial charge in [-0.1, -0.05) is 0 Å². The number of fused-ring (bicyclic) bond motifs is 1. The second kappa shape index (κ2) is 3.71. The van der Waals surface area contributed by atoms with E-state index in [0.717, 1.165) is 25.1 Å². The molecular formula is C10H13N4O2+. The average molecular weight is 221 g/mol. The topological polar surface area (TPSA) is 64.0 Å². The van der Waals surface area contributed by atoms with E-state index in [1.54, 1.807) is 16.9 Å². The zero-order valence-corrected chi connectivity index (χ0v) is 8.80. The molecule has 0 radical (unpaired) electrons. The molecule has 0 aromatic carbocycles. The van der Waals surface area contributed by atoms with E-state index in [4.69, 9.17) is 4.74 Å². The highest BCUT2D eigenvalue weighted by atomic mass is 16.5. The van der Waals surface area contributed by atoms with Crippen LogP contribution in [0.5, 0.6) is 0 Å². The first-order valence-electron chi connectivity index (χ1n) is 5.40. The molecule has 1 aliphatic heterocycles. The summed E-state index contributed by atoms with van der Waals surface area (Å²) < 4.78 is 8.57. The van der Waals surface area contributed by atoms with Crippen LogP contribution in [0.3, 0.4) is 0 Å². The van der Waals surface area contributed by atoms with Crippen molar-refractivity contribution < 1.29 is 9.14 Å². The third-order valence-corrected chi connectivity index (χ3v) is 2.86. The third-order valence-electron chi connectivity index (χ3n) is 2.86. The number of aromatic amines is 1. The maximum atomic E-state index is 11.9. The Labute approximate surface area is 91.5 Å². The summed E-state index contributed by atoms with van der Waals surface area (Å²) in [6, 6.07) is 1.77. The van der Waals surface area contributed by atoms with Gasteiger partial charge in [0.1, 0.15) is 6.54 Å². The summed E-state index contributed by atoms with van der Waals surface area (Å²) in [7, 11) is 0. The third kappa shape index (κ3) is 1.51. The minimum atomic E-state index is -0.0985. The molecule has 0 aliphatic carbocycles. The summed E-state index contributed by atoms with van der Waals surface area (Å²) >= 11 is 0. The summed E-state index contributed by atoms with van der Waals surface area (Å²) in [5, 5.41) is 3.04. The average Bonchev–Trinajstić information content (AvgIpc) is 2.90. The van der Waals surface area contributed by atoms with Gasteiger partial charge >= 0.3 is 5.69 Å². The maximum absolute atomic E-state index is 11.9. The molecule has 1 N–H and O–H groups in total. The lowest BCUT2D eigenvalue weighted by Crippen LogP contribution is -2.42. The lowest BCUT2D eigenvalue weighted by molar-refractivity contribution is -0.534. The Balaban J connectivity index is 1.97. The Bertz CT molecular complexity index is 553. The molecule has 2 aromatic heterocycles. The van der Waals surface area contributed by atoms with Crippen LogP contribution in [0.25, 0.3) is 5.65 Å². The maximum Gasteiger partial charge on any atom is 0.445 e. The van der Waals surface area contributed by atoms with Crippen LogP contribution in [0.4, 0.5) is 0 Å². The molecule has 0 unspecified atom stereocenters. The number of hydrogen-bond donors (Lipinski definition) is 1. The molecule has 1 saturated heterocycles. The van der Waals surface area contributed by atoms with E-state index in [2.05, 4.69) is 10.1 Å². The van der Waals surface area contributed by atoms with E-state index in [1.807, 2.05) is 0 Å². The van der Waals surface area contributed by atoms with Gasteiger partial charge in [-0.25, -0.2) is 4.79 Å². The Morgan fingerprint density at radius 3 is 3.38 bits per heavy atom. The van der Waals surface area contributed by atoms with E-state index in [9.17, 15) is 4.79 Å². The van der Waals surface area contributed by atoms with Crippen LogP contribution in [-0.2, 0) is 11.3 Å². The molecule has 0 saturated carbocycles. The van der Waals surface area contributed by atoms with Crippen molar-refractivity contribution in [3.63, 3.8) is 0 Å². The van der Waals surface area contributed by atoms with Crippen LogP contribution in [0.1, 0.15) is 12.8 Å². The van der Waals surface area contributed by atoms with Crippen LogP contribution >= 0.6 is 0 Å². The van der Waals surface area contributed by atoms with Gasteiger partial charge in [0, 0.05) is 12.7 Å². The molecule has 1 aliphatic rings. The number of rotatable bonds is 2. The van der Waals surface area contributed by atoms with E-state index >= 15 is 0 Å². The first-order chi connectivity index (χ1) is 7.84. The summed E-state index contributed by atoms with van der Waals surface area (Å²) in [6.45, 7) is 1.38. The first-order valence-corrected chi connectivity index (χ1v) is 5.40. The molecule has 3 rings (SSSR count). The van der Waals surface area contributed by atoms with E-state index < -0.39 is 0 Å². The van der Waals surface area contributed by atoms with E-state index in [-0.39, 0.29) is 11.8 Å². The minimum absolute atomic E-state index is 0.0985. The van der Waals surface area contributed by atoms with Crippen LogP contribution in [0.2, 0.25) is 0 Å². The van der Waals surface area contributed by atoms with Crippen molar-refractivity contribution in [1.82, 2.24) is 14.8 Å². The Morgan fingerprint density at radius 2 is 2.62 bits per heavy atom. The van der Waals surface area contributed by atoms with Gasteiger partial charge in [0.2, 0.25) is 12.0 Å². The molecule has 0 spiro atoms. The largest absolute Gasteiger partial charge is 0.445 e. The molecule has 84 valence electrons. The van der Waals surface area contributed by atoms with E-state index in [0.29, 0.717) is 6.54 Å². The Hall–Kier alpha value is -1.69. The monoisotopic (exact) mass is 221 g/mol. The standard InChI is InChI=1S/C10H12N4O2/c15-10-13-7-11-4-3-9(13)12-14(10)6-8-2-1-5-16-8/h3-4,7-8H,1-2,5-6H2/p+1/t8-/m1/s1. The highest BCUT2D eigenvalue weighted by molar-refractivity contribution is 5.23. The number of nitrogens with one attached hydrogen (secondary N) is 1. The highest BCUT2D eigenvalue weighted by Crippen LogP contribution is 2.12. The summed E-state index contributed by atoms with van der Waals surface area (Å²) in [6.07, 6.45) is 5.42. The molecule has 2 aromatic rings. The van der Waals surface area contributed by atoms with E-state index in [1.165, 1.54) is 10.7 Å². The smallest absolute Gasteiger partial charge is 0.375 e. The van der Waals surface area contributed by atoms with Gasteiger partial charge < -0.3 is 4.74 Å². The molecule has 16 heavy (non-hydrogen) atoms. The van der Waals surface area contributed by atoms with Crippen LogP contribution < -0.4 is 10.1 Å². The van der Waals surface area contributed by atoms with Crippen LogP contribution in [0.15, 0.2) is 23.4 Å². The molecule has 1 fully saturated rings. The zero-order chi connectivity index (χ0) is 11.0. The van der Waals surface area contributed by atoms with Crippen molar-refractivity contribution in [3.8, 4) is 0 Å². The minimum Gasteiger partial charge on any atom is -0.375 e. The van der Waals surface area contributed by atoms with Gasteiger partial charge in [-0.3, -0.25) is 0 Å². The quantitative estimate of drug-likeness (QED) is 0.695. The normalized spacial score (nSPS) is 20.6. The lowest BCUT2D eigenvalue weighted by Gasteiger charge is -2.04. The number of nitrogens with zero attached hydrogens (tertiary/aromatic N) is 3. The van der Waals surface area contributed by atoms with Crippen molar-refractivity contribution >= 4 is 5.65 Å². The van der Waals surface area contributed by atoms with Gasteiger partial charge in [-0.15, -0.1) is 4.68 Å². The fourth-order valence-electron chi connectivity index (χ4n) is 2.04. The second-order valence-electron chi connectivity index (χ2n) is 3.98. The molecular weight excluding hydrogens is 208 g/mol. The van der Waals surface area contributed by atoms with Gasteiger partial charge in [0.15, 0.2) is 0 Å². The molecule has 1 atom stereocenters. The Kier molecular flexibility index (Phi) is 2.21.